The second kappa shape index (κ2) is 7.04. The summed E-state index contributed by atoms with van der Waals surface area (Å²) in [7, 11) is -2.28. The quantitative estimate of drug-likeness (QED) is 0.846. The first-order valence-electron chi connectivity index (χ1n) is 7.18. The van der Waals surface area contributed by atoms with E-state index in [0.29, 0.717) is 18.4 Å². The topological polar surface area (TPSA) is 72.5 Å². The highest BCUT2D eigenvalue weighted by molar-refractivity contribution is 7.90. The van der Waals surface area contributed by atoms with Crippen molar-refractivity contribution >= 4 is 16.0 Å². The molecule has 2 rings (SSSR count). The summed E-state index contributed by atoms with van der Waals surface area (Å²) < 4.78 is 32.2. The summed E-state index contributed by atoms with van der Waals surface area (Å²) in [4.78, 5) is 11.9. The van der Waals surface area contributed by atoms with Crippen LogP contribution in [0.3, 0.4) is 0 Å². The molecule has 116 valence electrons. The van der Waals surface area contributed by atoms with Crippen LogP contribution in [-0.2, 0) is 19.6 Å². The average Bonchev–Trinajstić information content (AvgIpc) is 2.53. The van der Waals surface area contributed by atoms with Crippen LogP contribution in [0.5, 0.6) is 0 Å². The standard InChI is InChI=1S/C15H21NO4S/c1-20-15(17)14(12-8-4-2-5-9-12)16-21(18,19)13-10-6-3-7-11-13/h2,4-5,8-9,13-14,16H,3,6-7,10-11H2,1H3. The molecular formula is C15H21NO4S. The van der Waals surface area contributed by atoms with Gasteiger partial charge in [-0.25, -0.2) is 13.2 Å². The second-order valence-electron chi connectivity index (χ2n) is 5.29. The molecule has 0 aromatic heterocycles. The Morgan fingerprint density at radius 2 is 1.81 bits per heavy atom. The van der Waals surface area contributed by atoms with Gasteiger partial charge in [0, 0.05) is 0 Å². The fourth-order valence-electron chi connectivity index (χ4n) is 2.65. The van der Waals surface area contributed by atoms with Gasteiger partial charge < -0.3 is 4.74 Å². The molecule has 6 heteroatoms. The van der Waals surface area contributed by atoms with Gasteiger partial charge in [-0.15, -0.1) is 0 Å². The number of methoxy groups -OCH3 is 1. The molecular weight excluding hydrogens is 290 g/mol. The number of carbonyl (C=O) groups excluding carboxylic acids is 1. The molecule has 0 aliphatic heterocycles. The summed E-state index contributed by atoms with van der Waals surface area (Å²) in [5.41, 5.74) is 0.587. The van der Waals surface area contributed by atoms with Gasteiger partial charge >= 0.3 is 5.97 Å². The van der Waals surface area contributed by atoms with E-state index in [2.05, 4.69) is 4.72 Å². The number of rotatable bonds is 5. The van der Waals surface area contributed by atoms with Gasteiger partial charge in [0.05, 0.1) is 12.4 Å². The van der Waals surface area contributed by atoms with E-state index < -0.39 is 27.3 Å². The number of hydrogen-bond donors (Lipinski definition) is 1. The number of esters is 1. The monoisotopic (exact) mass is 311 g/mol. The first-order chi connectivity index (χ1) is 10.0. The lowest BCUT2D eigenvalue weighted by Gasteiger charge is -2.25. The zero-order chi connectivity index (χ0) is 15.3. The maximum absolute atomic E-state index is 12.5. The third kappa shape index (κ3) is 4.04. The Hall–Kier alpha value is -1.40. The van der Waals surface area contributed by atoms with Gasteiger partial charge in [-0.05, 0) is 18.4 Å². The molecule has 0 radical (unpaired) electrons. The molecule has 1 aromatic carbocycles. The first-order valence-corrected chi connectivity index (χ1v) is 8.73. The van der Waals surface area contributed by atoms with Crippen LogP contribution in [0.25, 0.3) is 0 Å². The number of hydrogen-bond acceptors (Lipinski definition) is 4. The van der Waals surface area contributed by atoms with Crippen molar-refractivity contribution < 1.29 is 17.9 Å². The van der Waals surface area contributed by atoms with Crippen molar-refractivity contribution in [1.29, 1.82) is 0 Å². The molecule has 1 aromatic rings. The van der Waals surface area contributed by atoms with Crippen molar-refractivity contribution in [3.8, 4) is 0 Å². The highest BCUT2D eigenvalue weighted by atomic mass is 32.2. The zero-order valence-electron chi connectivity index (χ0n) is 12.1. The summed E-state index contributed by atoms with van der Waals surface area (Å²) in [5.74, 6) is -0.597. The average molecular weight is 311 g/mol. The zero-order valence-corrected chi connectivity index (χ0v) is 12.9. The molecule has 5 nitrogen and oxygen atoms in total. The Kier molecular flexibility index (Phi) is 5.36. The predicted molar refractivity (Wildman–Crippen MR) is 80.1 cm³/mol. The van der Waals surface area contributed by atoms with Crippen LogP contribution in [0.4, 0.5) is 0 Å². The fourth-order valence-corrected chi connectivity index (χ4v) is 4.36. The van der Waals surface area contributed by atoms with Crippen molar-refractivity contribution in [2.45, 2.75) is 43.4 Å². The summed E-state index contributed by atoms with van der Waals surface area (Å²) >= 11 is 0. The Morgan fingerprint density at radius 3 is 2.38 bits per heavy atom. The lowest BCUT2D eigenvalue weighted by molar-refractivity contribution is -0.142. The minimum Gasteiger partial charge on any atom is -0.468 e. The van der Waals surface area contributed by atoms with E-state index in [-0.39, 0.29) is 0 Å². The Labute approximate surface area is 125 Å². The van der Waals surface area contributed by atoms with Crippen LogP contribution in [0, 0.1) is 0 Å². The smallest absolute Gasteiger partial charge is 0.328 e. The highest BCUT2D eigenvalue weighted by Gasteiger charge is 2.33. The van der Waals surface area contributed by atoms with E-state index in [9.17, 15) is 13.2 Å². The Balaban J connectivity index is 2.20. The maximum Gasteiger partial charge on any atom is 0.328 e. The van der Waals surface area contributed by atoms with Crippen molar-refractivity contribution in [1.82, 2.24) is 4.72 Å². The van der Waals surface area contributed by atoms with E-state index in [4.69, 9.17) is 4.74 Å². The fraction of sp³-hybridized carbons (Fsp3) is 0.533. The molecule has 21 heavy (non-hydrogen) atoms. The summed E-state index contributed by atoms with van der Waals surface area (Å²) in [6, 6.07) is 7.78. The van der Waals surface area contributed by atoms with E-state index in [1.54, 1.807) is 24.3 Å². The molecule has 1 atom stereocenters. The van der Waals surface area contributed by atoms with E-state index >= 15 is 0 Å². The third-order valence-corrected chi connectivity index (χ3v) is 5.76. The van der Waals surface area contributed by atoms with Gasteiger partial charge in [-0.2, -0.15) is 4.72 Å². The second-order valence-corrected chi connectivity index (χ2v) is 7.28. The van der Waals surface area contributed by atoms with Crippen LogP contribution in [0.1, 0.15) is 43.7 Å². The van der Waals surface area contributed by atoms with Gasteiger partial charge in [-0.3, -0.25) is 0 Å². The van der Waals surface area contributed by atoms with Crippen LogP contribution < -0.4 is 4.72 Å². The summed E-state index contributed by atoms with van der Waals surface area (Å²) in [5, 5.41) is -0.415. The number of sulfonamides is 1. The molecule has 0 saturated heterocycles. The van der Waals surface area contributed by atoms with Gasteiger partial charge in [0.25, 0.3) is 0 Å². The van der Waals surface area contributed by atoms with Gasteiger partial charge in [0.15, 0.2) is 0 Å². The van der Waals surface area contributed by atoms with Crippen LogP contribution in [-0.4, -0.2) is 26.7 Å². The molecule has 0 bridgehead atoms. The number of ether oxygens (including phenoxy) is 1. The first kappa shape index (κ1) is 16.0. The third-order valence-electron chi connectivity index (χ3n) is 3.84. The number of nitrogens with one attached hydrogen (secondary N) is 1. The molecule has 1 aliphatic carbocycles. The van der Waals surface area contributed by atoms with Gasteiger partial charge in [-0.1, -0.05) is 49.6 Å². The van der Waals surface area contributed by atoms with Crippen molar-refractivity contribution in [3.63, 3.8) is 0 Å². The van der Waals surface area contributed by atoms with Crippen molar-refractivity contribution in [2.24, 2.45) is 0 Å². The number of benzene rings is 1. The van der Waals surface area contributed by atoms with Crippen molar-refractivity contribution in [2.75, 3.05) is 7.11 Å². The molecule has 1 saturated carbocycles. The van der Waals surface area contributed by atoms with E-state index in [0.717, 1.165) is 19.3 Å². The Bertz CT molecular complexity index is 565. The highest BCUT2D eigenvalue weighted by Crippen LogP contribution is 2.25. The molecule has 0 heterocycles. The summed E-state index contributed by atoms with van der Waals surface area (Å²) in [6.07, 6.45) is 4.21. The molecule has 1 N–H and O–H groups in total. The lowest BCUT2D eigenvalue weighted by Crippen LogP contribution is -2.41. The normalized spacial score (nSPS) is 18.1. The molecule has 1 aliphatic rings. The van der Waals surface area contributed by atoms with Gasteiger partial charge in [0.2, 0.25) is 10.0 Å². The van der Waals surface area contributed by atoms with Crippen molar-refractivity contribution in [3.05, 3.63) is 35.9 Å². The van der Waals surface area contributed by atoms with Crippen LogP contribution in [0.15, 0.2) is 30.3 Å². The molecule has 1 unspecified atom stereocenters. The minimum atomic E-state index is -3.54. The largest absolute Gasteiger partial charge is 0.468 e. The minimum absolute atomic E-state index is 0.415. The molecule has 1 fully saturated rings. The lowest BCUT2D eigenvalue weighted by atomic mass is 10.0. The summed E-state index contributed by atoms with van der Waals surface area (Å²) in [6.45, 7) is 0. The van der Waals surface area contributed by atoms with E-state index in [1.807, 2.05) is 6.07 Å². The SMILES string of the molecule is COC(=O)C(NS(=O)(=O)C1CCCCC1)c1ccccc1. The van der Waals surface area contributed by atoms with Gasteiger partial charge in [0.1, 0.15) is 6.04 Å². The Morgan fingerprint density at radius 1 is 1.19 bits per heavy atom. The van der Waals surface area contributed by atoms with Crippen LogP contribution in [0.2, 0.25) is 0 Å². The van der Waals surface area contributed by atoms with E-state index in [1.165, 1.54) is 7.11 Å². The van der Waals surface area contributed by atoms with Crippen LogP contribution >= 0.6 is 0 Å². The molecule has 0 amide bonds. The predicted octanol–water partition coefficient (Wildman–Crippen LogP) is 2.15. The molecule has 0 spiro atoms. The number of carbonyl (C=O) groups is 1. The maximum atomic E-state index is 12.5.